The Hall–Kier alpha value is -4.31. The van der Waals surface area contributed by atoms with Crippen molar-refractivity contribution in [3.63, 3.8) is 0 Å². The number of amides is 1. The summed E-state index contributed by atoms with van der Waals surface area (Å²) in [6.07, 6.45) is 2.02. The molecule has 0 bridgehead atoms. The van der Waals surface area contributed by atoms with Gasteiger partial charge in [-0.3, -0.25) is 14.4 Å². The molecule has 2 aromatic heterocycles. The number of rotatable bonds is 11. The third-order valence-electron chi connectivity index (χ3n) is 7.37. The minimum Gasteiger partial charge on any atom is -0.379 e. The number of nitrogens with zero attached hydrogens (tertiary/aromatic N) is 5. The molecule has 0 spiro atoms. The van der Waals surface area contributed by atoms with Gasteiger partial charge >= 0.3 is 0 Å². The van der Waals surface area contributed by atoms with Crippen LogP contribution in [-0.2, 0) is 22.6 Å². The van der Waals surface area contributed by atoms with Crippen molar-refractivity contribution in [2.75, 3.05) is 52.3 Å². The van der Waals surface area contributed by atoms with Gasteiger partial charge in [0.15, 0.2) is 0 Å². The van der Waals surface area contributed by atoms with Gasteiger partial charge in [-0.1, -0.05) is 43.0 Å². The Morgan fingerprint density at radius 3 is 2.40 bits per heavy atom. The van der Waals surface area contributed by atoms with Crippen LogP contribution >= 0.6 is 0 Å². The van der Waals surface area contributed by atoms with E-state index in [1.165, 1.54) is 5.56 Å². The van der Waals surface area contributed by atoms with Gasteiger partial charge in [-0.25, -0.2) is 4.99 Å². The number of aromatic amines is 1. The first-order chi connectivity index (χ1) is 20.3. The molecular formula is C33H39N7O2. The van der Waals surface area contributed by atoms with Gasteiger partial charge in [0.1, 0.15) is 11.5 Å². The quantitative estimate of drug-likeness (QED) is 0.241. The number of hydrogen-bond acceptors (Lipinski definition) is 6. The molecular weight excluding hydrogens is 526 g/mol. The summed E-state index contributed by atoms with van der Waals surface area (Å²) < 4.78 is 7.38. The predicted molar refractivity (Wildman–Crippen MR) is 170 cm³/mol. The first-order valence-electron chi connectivity index (χ1n) is 14.3. The number of aromatic nitrogens is 3. The smallest absolute Gasteiger partial charge is 0.238 e. The molecule has 0 unspecified atom stereocenters. The molecule has 9 heteroatoms. The molecule has 1 saturated heterocycles. The van der Waals surface area contributed by atoms with Crippen LogP contribution in [0.25, 0.3) is 28.1 Å². The molecule has 3 heterocycles. The number of aliphatic imine (C=N–C) groups is 1. The average molecular weight is 566 g/mol. The van der Waals surface area contributed by atoms with Crippen LogP contribution < -0.4 is 5.32 Å². The van der Waals surface area contributed by atoms with E-state index >= 15 is 0 Å². The van der Waals surface area contributed by atoms with E-state index in [9.17, 15) is 4.79 Å². The topological polar surface area (TPSA) is 90.8 Å². The van der Waals surface area contributed by atoms with E-state index in [0.717, 1.165) is 84.3 Å². The Kier molecular flexibility index (Phi) is 9.12. The van der Waals surface area contributed by atoms with Crippen molar-refractivity contribution in [3.8, 4) is 22.5 Å². The highest BCUT2D eigenvalue weighted by Crippen LogP contribution is 2.38. The molecule has 2 N–H and O–H groups in total. The van der Waals surface area contributed by atoms with Crippen LogP contribution in [0.15, 0.2) is 72.4 Å². The third kappa shape index (κ3) is 6.76. The van der Waals surface area contributed by atoms with Crippen molar-refractivity contribution in [2.24, 2.45) is 4.99 Å². The highest BCUT2D eigenvalue weighted by molar-refractivity contribution is 5.93. The summed E-state index contributed by atoms with van der Waals surface area (Å²) in [5.41, 5.74) is 8.39. The fourth-order valence-corrected chi connectivity index (χ4v) is 5.12. The average Bonchev–Trinajstić information content (AvgIpc) is 3.63. The SMILES string of the molecule is C=Nc1[nH]c(-c2ccc(CN3CCOCC3)cc2)cc1C(=C)c1cn(CC)nc1-c1ccc(NC(=O)CN(C)C)cc1. The lowest BCUT2D eigenvalue weighted by molar-refractivity contribution is -0.116. The third-order valence-corrected chi connectivity index (χ3v) is 7.37. The normalized spacial score (nSPS) is 13.8. The van der Waals surface area contributed by atoms with E-state index in [-0.39, 0.29) is 5.91 Å². The zero-order valence-corrected chi connectivity index (χ0v) is 24.7. The maximum absolute atomic E-state index is 12.2. The van der Waals surface area contributed by atoms with Crippen molar-refractivity contribution in [1.82, 2.24) is 24.6 Å². The number of carbonyl (C=O) groups is 1. The van der Waals surface area contributed by atoms with Crippen molar-refractivity contribution in [1.29, 1.82) is 0 Å². The second-order valence-electron chi connectivity index (χ2n) is 10.8. The number of benzene rings is 2. The summed E-state index contributed by atoms with van der Waals surface area (Å²) in [6.45, 7) is 15.8. The molecule has 4 aromatic rings. The lowest BCUT2D eigenvalue weighted by atomic mass is 9.97. The zero-order chi connectivity index (χ0) is 29.6. The summed E-state index contributed by atoms with van der Waals surface area (Å²) in [5, 5.41) is 7.78. The predicted octanol–water partition coefficient (Wildman–Crippen LogP) is 5.29. The van der Waals surface area contributed by atoms with Crippen molar-refractivity contribution < 1.29 is 9.53 Å². The van der Waals surface area contributed by atoms with Crippen LogP contribution in [0.5, 0.6) is 0 Å². The molecule has 2 aromatic carbocycles. The lowest BCUT2D eigenvalue weighted by Crippen LogP contribution is -2.35. The molecule has 1 amide bonds. The molecule has 218 valence electrons. The fourth-order valence-electron chi connectivity index (χ4n) is 5.12. The van der Waals surface area contributed by atoms with E-state index in [2.05, 4.69) is 70.7 Å². The summed E-state index contributed by atoms with van der Waals surface area (Å²) in [4.78, 5) is 24.1. The number of morpholine rings is 1. The number of nitrogens with one attached hydrogen (secondary N) is 2. The van der Waals surface area contributed by atoms with E-state index in [0.29, 0.717) is 12.4 Å². The standard InChI is InChI=1S/C33H39N7O2/c1-6-40-21-29(32(37-40)26-11-13-27(14-12-26)35-31(41)22-38(4)5)23(2)28-19-30(36-33(28)34-3)25-9-7-24(8-10-25)20-39-15-17-42-18-16-39/h7-14,19,21,36H,2-3,6,15-18,20,22H2,1,4-5H3,(H,35,41). The number of ether oxygens (including phenoxy) is 1. The highest BCUT2D eigenvalue weighted by Gasteiger charge is 2.20. The van der Waals surface area contributed by atoms with Gasteiger partial charge in [-0.05, 0) is 62.6 Å². The fraction of sp³-hybridized carbons (Fsp3) is 0.303. The molecule has 1 fully saturated rings. The summed E-state index contributed by atoms with van der Waals surface area (Å²) in [5.74, 6) is 0.609. The van der Waals surface area contributed by atoms with Crippen molar-refractivity contribution in [3.05, 3.63) is 84.1 Å². The van der Waals surface area contributed by atoms with Gasteiger partial charge in [0.2, 0.25) is 5.91 Å². The summed E-state index contributed by atoms with van der Waals surface area (Å²) >= 11 is 0. The van der Waals surface area contributed by atoms with Crippen LogP contribution in [0.2, 0.25) is 0 Å². The molecule has 0 saturated carbocycles. The molecule has 5 rings (SSSR count). The lowest BCUT2D eigenvalue weighted by Gasteiger charge is -2.26. The van der Waals surface area contributed by atoms with Crippen LogP contribution in [0.1, 0.15) is 23.6 Å². The van der Waals surface area contributed by atoms with Crippen molar-refractivity contribution >= 4 is 29.7 Å². The summed E-state index contributed by atoms with van der Waals surface area (Å²) in [7, 11) is 3.73. The molecule has 1 aliphatic rings. The van der Waals surface area contributed by atoms with E-state index < -0.39 is 0 Å². The molecule has 0 radical (unpaired) electrons. The second kappa shape index (κ2) is 13.1. The number of hydrogen-bond donors (Lipinski definition) is 2. The second-order valence-corrected chi connectivity index (χ2v) is 10.8. The minimum atomic E-state index is -0.0588. The maximum Gasteiger partial charge on any atom is 0.238 e. The molecule has 1 aliphatic heterocycles. The van der Waals surface area contributed by atoms with Crippen LogP contribution in [-0.4, -0.2) is 84.1 Å². The van der Waals surface area contributed by atoms with Crippen LogP contribution in [0.4, 0.5) is 11.5 Å². The van der Waals surface area contributed by atoms with E-state index in [4.69, 9.17) is 9.84 Å². The van der Waals surface area contributed by atoms with E-state index in [1.54, 1.807) is 0 Å². The zero-order valence-electron chi connectivity index (χ0n) is 24.7. The van der Waals surface area contributed by atoms with Crippen LogP contribution in [0.3, 0.4) is 0 Å². The molecule has 42 heavy (non-hydrogen) atoms. The van der Waals surface area contributed by atoms with Gasteiger partial charge in [-0.15, -0.1) is 0 Å². The van der Waals surface area contributed by atoms with Gasteiger partial charge in [0, 0.05) is 60.4 Å². The molecule has 0 aliphatic carbocycles. The number of H-pyrrole nitrogens is 1. The van der Waals surface area contributed by atoms with Crippen molar-refractivity contribution in [2.45, 2.75) is 20.0 Å². The van der Waals surface area contributed by atoms with Gasteiger partial charge in [0.25, 0.3) is 0 Å². The Labute approximate surface area is 247 Å². The number of anilines is 1. The van der Waals surface area contributed by atoms with Crippen LogP contribution in [0, 0.1) is 0 Å². The van der Waals surface area contributed by atoms with Gasteiger partial charge < -0.3 is 19.9 Å². The Balaban J connectivity index is 1.38. The number of aryl methyl sites for hydroxylation is 1. The first kappa shape index (κ1) is 29.2. The van der Waals surface area contributed by atoms with Gasteiger partial charge in [0.05, 0.1) is 19.8 Å². The minimum absolute atomic E-state index is 0.0588. The van der Waals surface area contributed by atoms with E-state index in [1.807, 2.05) is 54.1 Å². The summed E-state index contributed by atoms with van der Waals surface area (Å²) in [6, 6.07) is 18.5. The molecule has 9 nitrogen and oxygen atoms in total. The monoisotopic (exact) mass is 565 g/mol. The first-order valence-corrected chi connectivity index (χ1v) is 14.3. The molecule has 0 atom stereocenters. The highest BCUT2D eigenvalue weighted by atomic mass is 16.5. The number of likely N-dealkylation sites (N-methyl/N-ethyl adjacent to an activating group) is 1. The number of carbonyl (C=O) groups excluding carboxylic acids is 1. The Morgan fingerprint density at radius 2 is 1.76 bits per heavy atom. The van der Waals surface area contributed by atoms with Gasteiger partial charge in [-0.2, -0.15) is 5.10 Å². The Bertz CT molecular complexity index is 1540. The largest absolute Gasteiger partial charge is 0.379 e. The maximum atomic E-state index is 12.2. The Morgan fingerprint density at radius 1 is 1.07 bits per heavy atom.